The lowest BCUT2D eigenvalue weighted by atomic mass is 9.89. The van der Waals surface area contributed by atoms with Gasteiger partial charge in [0.05, 0.1) is 31.1 Å². The van der Waals surface area contributed by atoms with Gasteiger partial charge in [0.2, 0.25) is 0 Å². The number of carbonyl (C=O) groups is 1. The van der Waals surface area contributed by atoms with E-state index in [-0.39, 0.29) is 19.0 Å². The average Bonchev–Trinajstić information content (AvgIpc) is 2.11. The maximum atomic E-state index is 10.6. The van der Waals surface area contributed by atoms with E-state index in [9.17, 15) is 21.6 Å². The molecule has 0 rings (SSSR count). The second kappa shape index (κ2) is 9.34. The molecular weight excluding hydrogens is 304 g/mol. The average molecular weight is 324 g/mol. The molecule has 0 aromatic rings. The van der Waals surface area contributed by atoms with E-state index < -0.39 is 25.7 Å². The second-order valence-corrected chi connectivity index (χ2v) is 6.83. The van der Waals surface area contributed by atoms with E-state index >= 15 is 0 Å². The number of carbonyl (C=O) groups excluding carboxylic acids is 1. The second-order valence-electron chi connectivity index (χ2n) is 3.90. The van der Waals surface area contributed by atoms with Crippen LogP contribution in [-0.4, -0.2) is 67.7 Å². The number of ketones is 1. The Bertz CT molecular complexity index is 399. The molecule has 0 heterocycles. The highest BCUT2D eigenvalue weighted by Crippen LogP contribution is 2.14. The zero-order valence-corrected chi connectivity index (χ0v) is 12.7. The number of aliphatic hydroxyl groups excluding tert-OH is 2. The summed E-state index contributed by atoms with van der Waals surface area (Å²) in [6.45, 7) is 2.29. The molecule has 0 radical (unpaired) electrons. The Balaban J connectivity index is -0.000000219. The van der Waals surface area contributed by atoms with Crippen LogP contribution in [0.2, 0.25) is 0 Å². The lowest BCUT2D eigenvalue weighted by Crippen LogP contribution is -2.33. The molecule has 0 spiro atoms. The summed E-state index contributed by atoms with van der Waals surface area (Å²) in [7, 11) is -7.33. The van der Waals surface area contributed by atoms with Crippen LogP contribution in [0.1, 0.15) is 13.8 Å². The summed E-state index contributed by atoms with van der Waals surface area (Å²) < 4.78 is 51.7. The van der Waals surface area contributed by atoms with Crippen molar-refractivity contribution in [1.82, 2.24) is 0 Å². The zero-order chi connectivity index (χ0) is 16.5. The molecule has 4 N–H and O–H groups in total. The molecule has 0 atom stereocenters. The van der Waals surface area contributed by atoms with Gasteiger partial charge in [0.1, 0.15) is 5.78 Å². The lowest BCUT2D eigenvalue weighted by Gasteiger charge is -2.19. The van der Waals surface area contributed by atoms with Crippen molar-refractivity contribution in [1.29, 1.82) is 0 Å². The summed E-state index contributed by atoms with van der Waals surface area (Å²) in [4.78, 5) is 10.6. The first-order valence-electron chi connectivity index (χ1n) is 4.64. The summed E-state index contributed by atoms with van der Waals surface area (Å²) in [5, 5.41) is 17.1. The normalized spacial score (nSPS) is 11.6. The Morgan fingerprint density at radius 3 is 1.11 bits per heavy atom. The SMILES string of the molecule is CC(=O)C(C)(CO)CO.CS(=O)(=O)O.CS(=O)(=O)O. The van der Waals surface area contributed by atoms with E-state index in [4.69, 9.17) is 19.3 Å². The molecular formula is C8H20O9S2. The Morgan fingerprint density at radius 2 is 1.11 bits per heavy atom. The van der Waals surface area contributed by atoms with Crippen molar-refractivity contribution < 1.29 is 40.9 Å². The van der Waals surface area contributed by atoms with Crippen LogP contribution in [0.25, 0.3) is 0 Å². The predicted molar refractivity (Wildman–Crippen MR) is 67.9 cm³/mol. The van der Waals surface area contributed by atoms with Gasteiger partial charge < -0.3 is 10.2 Å². The highest BCUT2D eigenvalue weighted by atomic mass is 32.2. The van der Waals surface area contributed by atoms with Crippen LogP contribution in [0, 0.1) is 5.41 Å². The van der Waals surface area contributed by atoms with Crippen LogP contribution in [0.4, 0.5) is 0 Å². The first-order valence-corrected chi connectivity index (χ1v) is 8.34. The smallest absolute Gasteiger partial charge is 0.261 e. The van der Waals surface area contributed by atoms with Crippen molar-refractivity contribution >= 4 is 26.0 Å². The van der Waals surface area contributed by atoms with Gasteiger partial charge >= 0.3 is 0 Å². The van der Waals surface area contributed by atoms with Crippen LogP contribution < -0.4 is 0 Å². The predicted octanol–water partition coefficient (Wildman–Crippen LogP) is -1.43. The number of hydrogen-bond acceptors (Lipinski definition) is 7. The Kier molecular flexibility index (Phi) is 11.5. The minimum atomic E-state index is -3.67. The van der Waals surface area contributed by atoms with Crippen LogP contribution in [0.15, 0.2) is 0 Å². The molecule has 0 aromatic heterocycles. The van der Waals surface area contributed by atoms with Crippen molar-refractivity contribution in [3.05, 3.63) is 0 Å². The molecule has 0 amide bonds. The van der Waals surface area contributed by atoms with Crippen molar-refractivity contribution in [2.24, 2.45) is 5.41 Å². The summed E-state index contributed by atoms with van der Waals surface area (Å²) in [5.41, 5.74) is -0.944. The molecule has 0 aliphatic heterocycles. The van der Waals surface area contributed by atoms with Crippen molar-refractivity contribution in [3.63, 3.8) is 0 Å². The summed E-state index contributed by atoms with van der Waals surface area (Å²) in [6.07, 6.45) is 1.43. The molecule has 0 fully saturated rings. The fourth-order valence-corrected chi connectivity index (χ4v) is 0.273. The molecule has 0 aliphatic rings. The Morgan fingerprint density at radius 1 is 0.947 bits per heavy atom. The topological polar surface area (TPSA) is 166 Å². The largest absolute Gasteiger partial charge is 0.395 e. The summed E-state index contributed by atoms with van der Waals surface area (Å²) in [6, 6.07) is 0. The molecule has 0 saturated heterocycles. The monoisotopic (exact) mass is 324 g/mol. The molecule has 9 nitrogen and oxygen atoms in total. The summed E-state index contributed by atoms with van der Waals surface area (Å²) >= 11 is 0. The van der Waals surface area contributed by atoms with Crippen molar-refractivity contribution in [2.45, 2.75) is 13.8 Å². The standard InChI is InChI=1S/C6H12O3.2CH4O3S/c1-5(9)6(2,3-7)4-8;2*1-5(2,3)4/h7-8H,3-4H2,1-2H3;2*1H3,(H,2,3,4). The van der Waals surface area contributed by atoms with Gasteiger partial charge in [-0.2, -0.15) is 16.8 Å². The fourth-order valence-electron chi connectivity index (χ4n) is 0.273. The maximum Gasteiger partial charge on any atom is 0.261 e. The molecule has 118 valence electrons. The number of rotatable bonds is 3. The molecule has 0 bridgehead atoms. The van der Waals surface area contributed by atoms with Crippen LogP contribution in [-0.2, 0) is 25.0 Å². The van der Waals surface area contributed by atoms with E-state index in [0.717, 1.165) is 0 Å². The van der Waals surface area contributed by atoms with E-state index in [2.05, 4.69) is 0 Å². The van der Waals surface area contributed by atoms with Gasteiger partial charge in [-0.05, 0) is 13.8 Å². The number of hydrogen-bond donors (Lipinski definition) is 4. The number of Topliss-reactive ketones (excluding diaryl/α,β-unsaturated/α-hetero) is 1. The molecule has 11 heteroatoms. The quantitative estimate of drug-likeness (QED) is 0.455. The first-order chi connectivity index (χ1) is 8.06. The van der Waals surface area contributed by atoms with Gasteiger partial charge in [0, 0.05) is 0 Å². The highest BCUT2D eigenvalue weighted by Gasteiger charge is 2.27. The van der Waals surface area contributed by atoms with E-state index in [1.54, 1.807) is 0 Å². The minimum Gasteiger partial charge on any atom is -0.395 e. The van der Waals surface area contributed by atoms with E-state index in [1.165, 1.54) is 13.8 Å². The van der Waals surface area contributed by atoms with Crippen LogP contribution >= 0.6 is 0 Å². The molecule has 0 saturated carbocycles. The van der Waals surface area contributed by atoms with Gasteiger partial charge in [-0.3, -0.25) is 13.9 Å². The third kappa shape index (κ3) is 31.8. The first kappa shape index (κ1) is 23.5. The van der Waals surface area contributed by atoms with E-state index in [0.29, 0.717) is 12.5 Å². The Hall–Kier alpha value is -0.590. The number of aliphatic hydroxyl groups is 2. The van der Waals surface area contributed by atoms with Gasteiger partial charge in [-0.15, -0.1) is 0 Å². The van der Waals surface area contributed by atoms with Gasteiger partial charge in [-0.1, -0.05) is 0 Å². The van der Waals surface area contributed by atoms with Gasteiger partial charge in [0.15, 0.2) is 0 Å². The third-order valence-electron chi connectivity index (χ3n) is 1.55. The third-order valence-corrected chi connectivity index (χ3v) is 1.55. The van der Waals surface area contributed by atoms with Crippen LogP contribution in [0.3, 0.4) is 0 Å². The lowest BCUT2D eigenvalue weighted by molar-refractivity contribution is -0.130. The van der Waals surface area contributed by atoms with Gasteiger partial charge in [0.25, 0.3) is 20.2 Å². The molecule has 0 unspecified atom stereocenters. The fraction of sp³-hybridized carbons (Fsp3) is 0.875. The molecule has 0 aliphatic carbocycles. The summed E-state index contributed by atoms with van der Waals surface area (Å²) in [5.74, 6) is -0.187. The van der Waals surface area contributed by atoms with Gasteiger partial charge in [-0.25, -0.2) is 0 Å². The maximum absolute atomic E-state index is 10.6. The zero-order valence-electron chi connectivity index (χ0n) is 11.1. The van der Waals surface area contributed by atoms with E-state index in [1.807, 2.05) is 0 Å². The highest BCUT2D eigenvalue weighted by molar-refractivity contribution is 7.85. The minimum absolute atomic E-state index is 0.187. The molecule has 19 heavy (non-hydrogen) atoms. The molecule has 0 aromatic carbocycles. The van der Waals surface area contributed by atoms with Crippen molar-refractivity contribution in [3.8, 4) is 0 Å². The van der Waals surface area contributed by atoms with Crippen molar-refractivity contribution in [2.75, 3.05) is 25.7 Å². The van der Waals surface area contributed by atoms with Crippen LogP contribution in [0.5, 0.6) is 0 Å². The Labute approximate surface area is 112 Å².